The number of methoxy groups -OCH3 is 1. The van der Waals surface area contributed by atoms with Crippen LogP contribution in [0.3, 0.4) is 0 Å². The summed E-state index contributed by atoms with van der Waals surface area (Å²) in [6.07, 6.45) is 2.97. The summed E-state index contributed by atoms with van der Waals surface area (Å²) in [6, 6.07) is 13.2. The number of ether oxygens (including phenoxy) is 1. The molecule has 4 rings (SSSR count). The molecule has 0 unspecified atom stereocenters. The van der Waals surface area contributed by atoms with E-state index in [2.05, 4.69) is 17.0 Å². The van der Waals surface area contributed by atoms with E-state index in [4.69, 9.17) is 4.74 Å². The minimum Gasteiger partial charge on any atom is -0.497 e. The number of piperidine rings is 1. The zero-order valence-electron chi connectivity index (χ0n) is 16.7. The number of benzene rings is 2. The number of rotatable bonds is 5. The second-order valence-electron chi connectivity index (χ2n) is 8.21. The summed E-state index contributed by atoms with van der Waals surface area (Å²) in [5.74, 6) is 0.425. The Morgan fingerprint density at radius 1 is 1.07 bits per heavy atom. The molecule has 0 aliphatic carbocycles. The molecule has 2 aromatic carbocycles. The van der Waals surface area contributed by atoms with Crippen molar-refractivity contribution in [2.75, 3.05) is 33.3 Å². The second kappa shape index (κ2) is 8.05. The second-order valence-corrected chi connectivity index (χ2v) is 10.1. The monoisotopic (exact) mass is 418 g/mol. The molecule has 0 amide bonds. The van der Waals surface area contributed by atoms with Gasteiger partial charge in [-0.25, -0.2) is 12.8 Å². The summed E-state index contributed by atoms with van der Waals surface area (Å²) in [7, 11) is -1.91. The van der Waals surface area contributed by atoms with Crippen LogP contribution in [0.2, 0.25) is 0 Å². The fourth-order valence-electron chi connectivity index (χ4n) is 4.66. The first-order chi connectivity index (χ1) is 13.9. The molecule has 0 bridgehead atoms. The summed E-state index contributed by atoms with van der Waals surface area (Å²) in [5, 5.41) is 0. The molecule has 2 aliphatic heterocycles. The lowest BCUT2D eigenvalue weighted by atomic mass is 9.79. The van der Waals surface area contributed by atoms with Gasteiger partial charge in [0, 0.05) is 26.2 Å². The van der Waals surface area contributed by atoms with Crippen molar-refractivity contribution in [3.63, 3.8) is 0 Å². The third-order valence-electron chi connectivity index (χ3n) is 6.14. The van der Waals surface area contributed by atoms with Crippen molar-refractivity contribution in [2.24, 2.45) is 5.41 Å². The highest BCUT2D eigenvalue weighted by Crippen LogP contribution is 2.41. The average molecular weight is 419 g/mol. The molecule has 0 aromatic heterocycles. The van der Waals surface area contributed by atoms with Gasteiger partial charge in [-0.15, -0.1) is 0 Å². The average Bonchev–Trinajstić information content (AvgIpc) is 3.12. The van der Waals surface area contributed by atoms with Crippen LogP contribution in [0, 0.1) is 11.2 Å². The molecule has 0 saturated carbocycles. The molecule has 2 fully saturated rings. The van der Waals surface area contributed by atoms with Crippen molar-refractivity contribution < 1.29 is 17.5 Å². The van der Waals surface area contributed by atoms with Crippen molar-refractivity contribution in [1.29, 1.82) is 0 Å². The molecule has 1 atom stereocenters. The van der Waals surface area contributed by atoms with E-state index in [0.717, 1.165) is 44.6 Å². The predicted molar refractivity (Wildman–Crippen MR) is 110 cm³/mol. The molecule has 1 spiro atoms. The Balaban J connectivity index is 1.45. The highest BCUT2D eigenvalue weighted by molar-refractivity contribution is 7.89. The van der Waals surface area contributed by atoms with Gasteiger partial charge in [-0.05, 0) is 73.2 Å². The number of halogens is 1. The summed E-state index contributed by atoms with van der Waals surface area (Å²) in [6.45, 7) is 3.79. The summed E-state index contributed by atoms with van der Waals surface area (Å²) < 4.78 is 46.1. The van der Waals surface area contributed by atoms with E-state index in [-0.39, 0.29) is 10.3 Å². The third kappa shape index (κ3) is 4.32. The lowest BCUT2D eigenvalue weighted by Gasteiger charge is -2.40. The maximum Gasteiger partial charge on any atom is 0.243 e. The molecule has 156 valence electrons. The summed E-state index contributed by atoms with van der Waals surface area (Å²) in [5.41, 5.74) is 1.19. The molecule has 2 aliphatic rings. The van der Waals surface area contributed by atoms with Crippen LogP contribution in [0.15, 0.2) is 53.4 Å². The normalized spacial score (nSPS) is 23.5. The Morgan fingerprint density at radius 3 is 2.62 bits per heavy atom. The number of likely N-dealkylation sites (tertiary alicyclic amines) is 1. The molecule has 0 N–H and O–H groups in total. The van der Waals surface area contributed by atoms with Gasteiger partial charge in [0.2, 0.25) is 10.0 Å². The van der Waals surface area contributed by atoms with Crippen molar-refractivity contribution in [3.05, 3.63) is 59.9 Å². The molecule has 7 heteroatoms. The smallest absolute Gasteiger partial charge is 0.243 e. The largest absolute Gasteiger partial charge is 0.497 e. The molecule has 0 radical (unpaired) electrons. The van der Waals surface area contributed by atoms with E-state index in [1.54, 1.807) is 11.4 Å². The van der Waals surface area contributed by atoms with E-state index in [1.807, 2.05) is 12.1 Å². The number of hydrogen-bond acceptors (Lipinski definition) is 4. The zero-order valence-corrected chi connectivity index (χ0v) is 17.5. The van der Waals surface area contributed by atoms with Crippen LogP contribution >= 0.6 is 0 Å². The van der Waals surface area contributed by atoms with Crippen molar-refractivity contribution in [3.8, 4) is 5.75 Å². The van der Waals surface area contributed by atoms with Crippen LogP contribution in [0.4, 0.5) is 4.39 Å². The number of hydrogen-bond donors (Lipinski definition) is 0. The van der Waals surface area contributed by atoms with E-state index in [1.165, 1.54) is 29.8 Å². The summed E-state index contributed by atoms with van der Waals surface area (Å²) in [4.78, 5) is 2.59. The molecule has 2 aromatic rings. The fourth-order valence-corrected chi connectivity index (χ4v) is 6.22. The van der Waals surface area contributed by atoms with Gasteiger partial charge in [0.05, 0.1) is 12.0 Å². The lowest BCUT2D eigenvalue weighted by molar-refractivity contribution is 0.0934. The Morgan fingerprint density at radius 2 is 1.86 bits per heavy atom. The fraction of sp³-hybridized carbons (Fsp3) is 0.455. The van der Waals surface area contributed by atoms with Crippen LogP contribution in [0.5, 0.6) is 5.75 Å². The van der Waals surface area contributed by atoms with Crippen LogP contribution < -0.4 is 4.74 Å². The Hall–Kier alpha value is -1.96. The van der Waals surface area contributed by atoms with Gasteiger partial charge in [-0.2, -0.15) is 4.31 Å². The molecule has 2 heterocycles. The van der Waals surface area contributed by atoms with E-state index < -0.39 is 15.8 Å². The van der Waals surface area contributed by atoms with Gasteiger partial charge in [-0.1, -0.05) is 12.1 Å². The van der Waals surface area contributed by atoms with Crippen LogP contribution in [0.1, 0.15) is 24.8 Å². The van der Waals surface area contributed by atoms with Crippen molar-refractivity contribution >= 4 is 10.0 Å². The number of nitrogens with zero attached hydrogens (tertiary/aromatic N) is 2. The minimum absolute atomic E-state index is 0.00971. The van der Waals surface area contributed by atoms with Crippen LogP contribution in [-0.2, 0) is 16.6 Å². The maximum absolute atomic E-state index is 13.2. The van der Waals surface area contributed by atoms with Gasteiger partial charge < -0.3 is 4.74 Å². The van der Waals surface area contributed by atoms with Crippen molar-refractivity contribution in [1.82, 2.24) is 9.21 Å². The third-order valence-corrected chi connectivity index (χ3v) is 7.99. The van der Waals surface area contributed by atoms with Gasteiger partial charge in [-0.3, -0.25) is 4.90 Å². The SMILES string of the molecule is COc1cccc(CN2CCC[C@@]3(CCN(S(=O)(=O)c4ccc(F)cc4)C3)C2)c1. The highest BCUT2D eigenvalue weighted by atomic mass is 32.2. The molecular weight excluding hydrogens is 391 g/mol. The lowest BCUT2D eigenvalue weighted by Crippen LogP contribution is -2.45. The predicted octanol–water partition coefficient (Wildman–Crippen LogP) is 3.51. The topological polar surface area (TPSA) is 49.9 Å². The van der Waals surface area contributed by atoms with Gasteiger partial charge in [0.25, 0.3) is 0 Å². The van der Waals surface area contributed by atoms with E-state index in [0.29, 0.717) is 13.1 Å². The van der Waals surface area contributed by atoms with Crippen LogP contribution in [-0.4, -0.2) is 50.9 Å². The summed E-state index contributed by atoms with van der Waals surface area (Å²) >= 11 is 0. The minimum atomic E-state index is -3.58. The van der Waals surface area contributed by atoms with E-state index in [9.17, 15) is 12.8 Å². The van der Waals surface area contributed by atoms with Gasteiger partial charge >= 0.3 is 0 Å². The van der Waals surface area contributed by atoms with E-state index >= 15 is 0 Å². The Bertz CT molecular complexity index is 964. The zero-order chi connectivity index (χ0) is 20.5. The standard InChI is InChI=1S/C22H27FN2O3S/c1-28-20-5-2-4-18(14-20)15-24-12-3-10-22(16-24)11-13-25(17-22)29(26,27)21-8-6-19(23)7-9-21/h2,4-9,14H,3,10-13,15-17H2,1H3/t22-/m1/s1. The molecular formula is C22H27FN2O3S. The Kier molecular flexibility index (Phi) is 5.64. The Labute approximate surface area is 172 Å². The quantitative estimate of drug-likeness (QED) is 0.746. The first-order valence-corrected chi connectivity index (χ1v) is 11.5. The molecule has 29 heavy (non-hydrogen) atoms. The molecule has 2 saturated heterocycles. The van der Waals surface area contributed by atoms with Crippen molar-refractivity contribution in [2.45, 2.75) is 30.7 Å². The van der Waals surface area contributed by atoms with Gasteiger partial charge in [0.1, 0.15) is 11.6 Å². The maximum atomic E-state index is 13.2. The first kappa shape index (κ1) is 20.3. The van der Waals surface area contributed by atoms with Crippen LogP contribution in [0.25, 0.3) is 0 Å². The van der Waals surface area contributed by atoms with Gasteiger partial charge in [0.15, 0.2) is 0 Å². The molecule has 5 nitrogen and oxygen atoms in total. The first-order valence-electron chi connectivity index (χ1n) is 10.0. The number of sulfonamides is 1. The highest BCUT2D eigenvalue weighted by Gasteiger charge is 2.45.